The van der Waals surface area contributed by atoms with Crippen LogP contribution in [-0.4, -0.2) is 12.5 Å². The first-order valence-electron chi connectivity index (χ1n) is 6.39. The van der Waals surface area contributed by atoms with E-state index in [0.29, 0.717) is 6.42 Å². The van der Waals surface area contributed by atoms with Crippen LogP contribution in [0.4, 0.5) is 5.69 Å². The monoisotopic (exact) mass is 231 g/mol. The molecule has 1 aromatic rings. The maximum atomic E-state index is 11.9. The number of anilines is 1. The molecule has 17 heavy (non-hydrogen) atoms. The summed E-state index contributed by atoms with van der Waals surface area (Å²) in [4.78, 5) is 13.8. The SMILES string of the molecule is CC(C)(C)c1cccc(N2CCCCC2=O)c1. The zero-order valence-electron chi connectivity index (χ0n) is 11.0. The van der Waals surface area contributed by atoms with Crippen LogP contribution < -0.4 is 4.90 Å². The largest absolute Gasteiger partial charge is 0.312 e. The van der Waals surface area contributed by atoms with Crippen molar-refractivity contribution in [2.45, 2.75) is 45.4 Å². The molecule has 1 heterocycles. The van der Waals surface area contributed by atoms with E-state index in [4.69, 9.17) is 0 Å². The van der Waals surface area contributed by atoms with Gasteiger partial charge in [0.15, 0.2) is 0 Å². The molecule has 0 aliphatic carbocycles. The normalized spacial score (nSPS) is 17.4. The fraction of sp³-hybridized carbons (Fsp3) is 0.533. The van der Waals surface area contributed by atoms with E-state index in [1.165, 1.54) is 5.56 Å². The Morgan fingerprint density at radius 2 is 1.94 bits per heavy atom. The van der Waals surface area contributed by atoms with Crippen LogP contribution in [0.1, 0.15) is 45.6 Å². The van der Waals surface area contributed by atoms with Gasteiger partial charge >= 0.3 is 0 Å². The highest BCUT2D eigenvalue weighted by Gasteiger charge is 2.21. The summed E-state index contributed by atoms with van der Waals surface area (Å²) >= 11 is 0. The summed E-state index contributed by atoms with van der Waals surface area (Å²) in [5.41, 5.74) is 2.48. The van der Waals surface area contributed by atoms with Crippen molar-refractivity contribution < 1.29 is 4.79 Å². The highest BCUT2D eigenvalue weighted by Crippen LogP contribution is 2.28. The van der Waals surface area contributed by atoms with Gasteiger partial charge in [0.2, 0.25) is 5.91 Å². The fourth-order valence-electron chi connectivity index (χ4n) is 2.22. The van der Waals surface area contributed by atoms with Gasteiger partial charge in [0, 0.05) is 18.7 Å². The first-order valence-corrected chi connectivity index (χ1v) is 6.39. The van der Waals surface area contributed by atoms with Gasteiger partial charge in [0.25, 0.3) is 0 Å². The maximum absolute atomic E-state index is 11.9. The van der Waals surface area contributed by atoms with Crippen molar-refractivity contribution in [1.29, 1.82) is 0 Å². The number of hydrogen-bond donors (Lipinski definition) is 0. The lowest BCUT2D eigenvalue weighted by Gasteiger charge is -2.28. The molecule has 0 unspecified atom stereocenters. The minimum atomic E-state index is 0.134. The van der Waals surface area contributed by atoms with Crippen LogP contribution in [0.25, 0.3) is 0 Å². The molecule has 0 saturated carbocycles. The summed E-state index contributed by atoms with van der Waals surface area (Å²) in [7, 11) is 0. The minimum absolute atomic E-state index is 0.134. The molecular formula is C15H21NO. The predicted octanol–water partition coefficient (Wildman–Crippen LogP) is 3.50. The molecular weight excluding hydrogens is 210 g/mol. The van der Waals surface area contributed by atoms with E-state index in [1.54, 1.807) is 0 Å². The van der Waals surface area contributed by atoms with E-state index in [0.717, 1.165) is 25.1 Å². The topological polar surface area (TPSA) is 20.3 Å². The van der Waals surface area contributed by atoms with Crippen LogP contribution >= 0.6 is 0 Å². The van der Waals surface area contributed by atoms with Gasteiger partial charge in [-0.2, -0.15) is 0 Å². The lowest BCUT2D eigenvalue weighted by atomic mass is 9.87. The molecule has 0 radical (unpaired) electrons. The summed E-state index contributed by atoms with van der Waals surface area (Å²) in [5, 5.41) is 0. The third kappa shape index (κ3) is 2.68. The lowest BCUT2D eigenvalue weighted by molar-refractivity contribution is -0.119. The first-order chi connectivity index (χ1) is 7.98. The Kier molecular flexibility index (Phi) is 3.23. The van der Waals surface area contributed by atoms with Crippen molar-refractivity contribution in [3.05, 3.63) is 29.8 Å². The second-order valence-electron chi connectivity index (χ2n) is 5.80. The number of amides is 1. The zero-order chi connectivity index (χ0) is 12.5. The van der Waals surface area contributed by atoms with Gasteiger partial charge in [-0.15, -0.1) is 0 Å². The van der Waals surface area contributed by atoms with Crippen molar-refractivity contribution >= 4 is 11.6 Å². The van der Waals surface area contributed by atoms with E-state index >= 15 is 0 Å². The van der Waals surface area contributed by atoms with Gasteiger partial charge in [-0.1, -0.05) is 32.9 Å². The molecule has 1 aliphatic rings. The predicted molar refractivity (Wildman–Crippen MR) is 71.3 cm³/mol. The maximum Gasteiger partial charge on any atom is 0.226 e. The van der Waals surface area contributed by atoms with Crippen LogP contribution in [0.2, 0.25) is 0 Å². The van der Waals surface area contributed by atoms with Gasteiger partial charge in [-0.25, -0.2) is 0 Å². The average Bonchev–Trinajstić information content (AvgIpc) is 2.29. The summed E-state index contributed by atoms with van der Waals surface area (Å²) in [5.74, 6) is 0.266. The molecule has 0 spiro atoms. The van der Waals surface area contributed by atoms with Crippen LogP contribution in [-0.2, 0) is 10.2 Å². The number of carbonyl (C=O) groups is 1. The Bertz CT molecular complexity index is 417. The van der Waals surface area contributed by atoms with E-state index in [9.17, 15) is 4.79 Å². The Morgan fingerprint density at radius 3 is 2.59 bits per heavy atom. The van der Waals surface area contributed by atoms with Gasteiger partial charge in [-0.05, 0) is 36.0 Å². The molecule has 2 rings (SSSR count). The molecule has 0 atom stereocenters. The van der Waals surface area contributed by atoms with Gasteiger partial charge < -0.3 is 4.90 Å². The van der Waals surface area contributed by atoms with Crippen molar-refractivity contribution in [2.75, 3.05) is 11.4 Å². The summed E-state index contributed by atoms with van der Waals surface area (Å²) in [6.07, 6.45) is 2.85. The fourth-order valence-corrected chi connectivity index (χ4v) is 2.22. The van der Waals surface area contributed by atoms with E-state index in [-0.39, 0.29) is 11.3 Å². The van der Waals surface area contributed by atoms with Crippen LogP contribution in [0.3, 0.4) is 0 Å². The molecule has 2 nitrogen and oxygen atoms in total. The third-order valence-corrected chi connectivity index (χ3v) is 3.35. The van der Waals surface area contributed by atoms with Crippen molar-refractivity contribution in [3.8, 4) is 0 Å². The molecule has 1 fully saturated rings. The molecule has 1 aliphatic heterocycles. The number of hydrogen-bond acceptors (Lipinski definition) is 1. The Balaban J connectivity index is 2.29. The quantitative estimate of drug-likeness (QED) is 0.724. The van der Waals surface area contributed by atoms with E-state index in [1.807, 2.05) is 11.0 Å². The average molecular weight is 231 g/mol. The standard InChI is InChI=1S/C15H21NO/c1-15(2,3)12-7-6-8-13(11-12)16-10-5-4-9-14(16)17/h6-8,11H,4-5,9-10H2,1-3H3. The van der Waals surface area contributed by atoms with E-state index in [2.05, 4.69) is 39.0 Å². The third-order valence-electron chi connectivity index (χ3n) is 3.35. The molecule has 1 saturated heterocycles. The minimum Gasteiger partial charge on any atom is -0.312 e. The Hall–Kier alpha value is -1.31. The van der Waals surface area contributed by atoms with E-state index < -0.39 is 0 Å². The number of piperidine rings is 1. The van der Waals surface area contributed by atoms with Gasteiger partial charge in [0.05, 0.1) is 0 Å². The molecule has 92 valence electrons. The summed E-state index contributed by atoms with van der Waals surface area (Å²) in [6.45, 7) is 7.46. The molecule has 1 amide bonds. The van der Waals surface area contributed by atoms with Crippen molar-refractivity contribution in [1.82, 2.24) is 0 Å². The molecule has 2 heteroatoms. The van der Waals surface area contributed by atoms with Gasteiger partial charge in [-0.3, -0.25) is 4.79 Å². The number of carbonyl (C=O) groups excluding carboxylic acids is 1. The summed E-state index contributed by atoms with van der Waals surface area (Å²) in [6, 6.07) is 8.39. The Labute approximate surface area is 104 Å². The van der Waals surface area contributed by atoms with Crippen molar-refractivity contribution in [2.24, 2.45) is 0 Å². The highest BCUT2D eigenvalue weighted by molar-refractivity contribution is 5.94. The highest BCUT2D eigenvalue weighted by atomic mass is 16.2. The molecule has 0 bridgehead atoms. The van der Waals surface area contributed by atoms with Crippen LogP contribution in [0.5, 0.6) is 0 Å². The molecule has 1 aromatic carbocycles. The Morgan fingerprint density at radius 1 is 1.18 bits per heavy atom. The second-order valence-corrected chi connectivity index (χ2v) is 5.80. The molecule has 0 aromatic heterocycles. The number of benzene rings is 1. The van der Waals surface area contributed by atoms with Crippen molar-refractivity contribution in [3.63, 3.8) is 0 Å². The molecule has 0 N–H and O–H groups in total. The van der Waals surface area contributed by atoms with Gasteiger partial charge in [0.1, 0.15) is 0 Å². The zero-order valence-corrected chi connectivity index (χ0v) is 11.0. The van der Waals surface area contributed by atoms with Crippen LogP contribution in [0, 0.1) is 0 Å². The number of nitrogens with zero attached hydrogens (tertiary/aromatic N) is 1. The second kappa shape index (κ2) is 4.52. The number of rotatable bonds is 1. The lowest BCUT2D eigenvalue weighted by Crippen LogP contribution is -2.35. The smallest absolute Gasteiger partial charge is 0.226 e. The first kappa shape index (κ1) is 12.2. The summed E-state index contributed by atoms with van der Waals surface area (Å²) < 4.78 is 0. The van der Waals surface area contributed by atoms with Crippen LogP contribution in [0.15, 0.2) is 24.3 Å².